The van der Waals surface area contributed by atoms with Crippen LogP contribution in [0.1, 0.15) is 23.7 Å². The van der Waals surface area contributed by atoms with Gasteiger partial charge in [-0.3, -0.25) is 4.79 Å². The molecule has 1 aromatic rings. The zero-order valence-corrected chi connectivity index (χ0v) is 9.54. The molecule has 5 heteroatoms. The molecule has 0 radical (unpaired) electrons. The van der Waals surface area contributed by atoms with Crippen molar-refractivity contribution in [1.29, 1.82) is 0 Å². The van der Waals surface area contributed by atoms with Gasteiger partial charge < -0.3 is 10.6 Å². The molecule has 1 aromatic carbocycles. The molecule has 2 N–H and O–H groups in total. The third-order valence-corrected chi connectivity index (χ3v) is 3.03. The van der Waals surface area contributed by atoms with Gasteiger partial charge in [-0.05, 0) is 18.4 Å². The summed E-state index contributed by atoms with van der Waals surface area (Å²) in [5.41, 5.74) is 5.56. The van der Waals surface area contributed by atoms with Crippen LogP contribution in [0.4, 0.5) is 14.5 Å². The number of carbonyl (C=O) groups excluding carboxylic acids is 1. The summed E-state index contributed by atoms with van der Waals surface area (Å²) in [7, 11) is 0. The van der Waals surface area contributed by atoms with E-state index in [1.807, 2.05) is 6.92 Å². The van der Waals surface area contributed by atoms with Crippen LogP contribution in [0, 0.1) is 17.6 Å². The summed E-state index contributed by atoms with van der Waals surface area (Å²) in [6.45, 7) is 3.32. The van der Waals surface area contributed by atoms with Crippen LogP contribution < -0.4 is 5.73 Å². The molecule has 0 bridgehead atoms. The maximum absolute atomic E-state index is 13.1. The van der Waals surface area contributed by atoms with E-state index in [4.69, 9.17) is 5.73 Å². The lowest BCUT2D eigenvalue weighted by atomic mass is 10.1. The van der Waals surface area contributed by atoms with Crippen molar-refractivity contribution >= 4 is 11.6 Å². The molecular weight excluding hydrogens is 226 g/mol. The SMILES string of the molecule is CC1CCN(C(=O)c2cc(F)c(F)cc2N)C1. The molecule has 17 heavy (non-hydrogen) atoms. The molecule has 0 aromatic heterocycles. The summed E-state index contributed by atoms with van der Waals surface area (Å²) in [6, 6.07) is 1.72. The first-order valence-electron chi connectivity index (χ1n) is 5.53. The predicted molar refractivity (Wildman–Crippen MR) is 60.5 cm³/mol. The number of nitrogens with two attached hydrogens (primary N) is 1. The highest BCUT2D eigenvalue weighted by Crippen LogP contribution is 2.22. The largest absolute Gasteiger partial charge is 0.398 e. The van der Waals surface area contributed by atoms with Gasteiger partial charge in [-0.15, -0.1) is 0 Å². The predicted octanol–water partition coefficient (Wildman–Crippen LogP) is 2.03. The van der Waals surface area contributed by atoms with Gasteiger partial charge in [0.25, 0.3) is 5.91 Å². The van der Waals surface area contributed by atoms with E-state index in [9.17, 15) is 13.6 Å². The van der Waals surface area contributed by atoms with Gasteiger partial charge in [0, 0.05) is 24.8 Å². The lowest BCUT2D eigenvalue weighted by Crippen LogP contribution is -2.29. The van der Waals surface area contributed by atoms with Gasteiger partial charge >= 0.3 is 0 Å². The molecule has 1 unspecified atom stereocenters. The molecule has 1 aliphatic rings. The third-order valence-electron chi connectivity index (χ3n) is 3.03. The lowest BCUT2D eigenvalue weighted by molar-refractivity contribution is 0.0788. The smallest absolute Gasteiger partial charge is 0.256 e. The van der Waals surface area contributed by atoms with E-state index in [-0.39, 0.29) is 17.2 Å². The number of nitrogens with zero attached hydrogens (tertiary/aromatic N) is 1. The Labute approximate surface area is 98.2 Å². The number of likely N-dealkylation sites (tertiary alicyclic amines) is 1. The quantitative estimate of drug-likeness (QED) is 0.763. The van der Waals surface area contributed by atoms with Crippen LogP contribution in [0.2, 0.25) is 0 Å². The molecule has 1 amide bonds. The van der Waals surface area contributed by atoms with E-state index < -0.39 is 11.6 Å². The number of amides is 1. The first kappa shape index (κ1) is 11.8. The number of rotatable bonds is 1. The number of nitrogen functional groups attached to an aromatic ring is 1. The van der Waals surface area contributed by atoms with Gasteiger partial charge in [0.05, 0.1) is 5.56 Å². The zero-order chi connectivity index (χ0) is 12.6. The van der Waals surface area contributed by atoms with Crippen LogP contribution in [0.25, 0.3) is 0 Å². The highest BCUT2D eigenvalue weighted by molar-refractivity contribution is 5.99. The van der Waals surface area contributed by atoms with Gasteiger partial charge in [0.1, 0.15) is 0 Å². The summed E-state index contributed by atoms with van der Waals surface area (Å²) < 4.78 is 26.0. The Kier molecular flexibility index (Phi) is 3.00. The minimum Gasteiger partial charge on any atom is -0.398 e. The standard InChI is InChI=1S/C12H14F2N2O/c1-7-2-3-16(6-7)12(17)8-4-9(13)10(14)5-11(8)15/h4-5,7H,2-3,6,15H2,1H3. The minimum atomic E-state index is -1.05. The Morgan fingerprint density at radius 2 is 2.06 bits per heavy atom. The Bertz CT molecular complexity index is 462. The lowest BCUT2D eigenvalue weighted by Gasteiger charge is -2.17. The van der Waals surface area contributed by atoms with Crippen molar-refractivity contribution < 1.29 is 13.6 Å². The number of carbonyl (C=O) groups is 1. The first-order chi connectivity index (χ1) is 7.99. The molecule has 1 fully saturated rings. The van der Waals surface area contributed by atoms with Gasteiger partial charge in [-0.25, -0.2) is 8.78 Å². The van der Waals surface area contributed by atoms with Crippen molar-refractivity contribution in [1.82, 2.24) is 4.90 Å². The average Bonchev–Trinajstić information content (AvgIpc) is 2.69. The van der Waals surface area contributed by atoms with E-state index >= 15 is 0 Å². The zero-order valence-electron chi connectivity index (χ0n) is 9.54. The van der Waals surface area contributed by atoms with Crippen LogP contribution >= 0.6 is 0 Å². The second-order valence-electron chi connectivity index (χ2n) is 4.50. The fourth-order valence-corrected chi connectivity index (χ4v) is 2.04. The second kappa shape index (κ2) is 4.31. The van der Waals surface area contributed by atoms with E-state index in [0.29, 0.717) is 19.0 Å². The van der Waals surface area contributed by atoms with E-state index in [0.717, 1.165) is 18.6 Å². The minimum absolute atomic E-state index is 0.0200. The molecule has 1 atom stereocenters. The van der Waals surface area contributed by atoms with Crippen molar-refractivity contribution in [3.05, 3.63) is 29.3 Å². The van der Waals surface area contributed by atoms with Crippen LogP contribution in [-0.4, -0.2) is 23.9 Å². The van der Waals surface area contributed by atoms with Gasteiger partial charge in [0.15, 0.2) is 11.6 Å². The molecule has 0 aliphatic carbocycles. The summed E-state index contributed by atoms with van der Waals surface area (Å²) in [6.07, 6.45) is 0.926. The second-order valence-corrected chi connectivity index (χ2v) is 4.50. The summed E-state index contributed by atoms with van der Waals surface area (Å²) in [4.78, 5) is 13.7. The number of hydrogen-bond acceptors (Lipinski definition) is 2. The topological polar surface area (TPSA) is 46.3 Å². The van der Waals surface area contributed by atoms with Crippen LogP contribution in [0.5, 0.6) is 0 Å². The highest BCUT2D eigenvalue weighted by atomic mass is 19.2. The Balaban J connectivity index is 2.28. The molecule has 92 valence electrons. The molecule has 2 rings (SSSR count). The Morgan fingerprint density at radius 1 is 1.41 bits per heavy atom. The fourth-order valence-electron chi connectivity index (χ4n) is 2.04. The highest BCUT2D eigenvalue weighted by Gasteiger charge is 2.26. The number of anilines is 1. The molecule has 1 heterocycles. The normalized spacial score (nSPS) is 19.7. The van der Waals surface area contributed by atoms with Crippen molar-refractivity contribution in [2.45, 2.75) is 13.3 Å². The number of halogens is 2. The maximum Gasteiger partial charge on any atom is 0.256 e. The van der Waals surface area contributed by atoms with Crippen molar-refractivity contribution in [2.75, 3.05) is 18.8 Å². The molecule has 3 nitrogen and oxygen atoms in total. The molecule has 1 aliphatic heterocycles. The number of benzene rings is 1. The van der Waals surface area contributed by atoms with E-state index in [1.165, 1.54) is 0 Å². The van der Waals surface area contributed by atoms with Crippen LogP contribution in [0.15, 0.2) is 12.1 Å². The van der Waals surface area contributed by atoms with Crippen LogP contribution in [0.3, 0.4) is 0 Å². The monoisotopic (exact) mass is 240 g/mol. The Hall–Kier alpha value is -1.65. The Morgan fingerprint density at radius 3 is 2.65 bits per heavy atom. The molecular formula is C12H14F2N2O. The summed E-state index contributed by atoms with van der Waals surface area (Å²) >= 11 is 0. The summed E-state index contributed by atoms with van der Waals surface area (Å²) in [5.74, 6) is -1.97. The molecule has 1 saturated heterocycles. The summed E-state index contributed by atoms with van der Waals surface area (Å²) in [5, 5.41) is 0. The fraction of sp³-hybridized carbons (Fsp3) is 0.417. The molecule has 0 saturated carbocycles. The van der Waals surface area contributed by atoms with Gasteiger partial charge in [-0.1, -0.05) is 6.92 Å². The molecule has 0 spiro atoms. The number of hydrogen-bond donors (Lipinski definition) is 1. The maximum atomic E-state index is 13.1. The first-order valence-corrected chi connectivity index (χ1v) is 5.53. The third kappa shape index (κ3) is 2.23. The van der Waals surface area contributed by atoms with Gasteiger partial charge in [0.2, 0.25) is 0 Å². The van der Waals surface area contributed by atoms with Crippen molar-refractivity contribution in [3.63, 3.8) is 0 Å². The van der Waals surface area contributed by atoms with E-state index in [2.05, 4.69) is 0 Å². The van der Waals surface area contributed by atoms with Gasteiger partial charge in [-0.2, -0.15) is 0 Å². The van der Waals surface area contributed by atoms with Crippen LogP contribution in [-0.2, 0) is 0 Å². The van der Waals surface area contributed by atoms with Crippen molar-refractivity contribution in [2.24, 2.45) is 5.92 Å². The average molecular weight is 240 g/mol. The van der Waals surface area contributed by atoms with Crippen molar-refractivity contribution in [3.8, 4) is 0 Å². The van der Waals surface area contributed by atoms with E-state index in [1.54, 1.807) is 4.90 Å².